The summed E-state index contributed by atoms with van der Waals surface area (Å²) in [6.07, 6.45) is 1.87. The topological polar surface area (TPSA) is 52.0 Å². The highest BCUT2D eigenvalue weighted by Gasteiger charge is 2.31. The molecular weight excluding hydrogens is 321 g/mol. The summed E-state index contributed by atoms with van der Waals surface area (Å²) >= 11 is 0. The zero-order chi connectivity index (χ0) is 17.2. The van der Waals surface area contributed by atoms with Gasteiger partial charge in [-0.2, -0.15) is 13.2 Å². The van der Waals surface area contributed by atoms with E-state index in [9.17, 15) is 13.2 Å². The largest absolute Gasteiger partial charge is 0.417 e. The average molecular weight is 340 g/mol. The summed E-state index contributed by atoms with van der Waals surface area (Å²) in [6, 6.07) is 2.38. The molecule has 1 fully saturated rings. The van der Waals surface area contributed by atoms with Crippen molar-refractivity contribution in [1.82, 2.24) is 14.5 Å². The Labute approximate surface area is 137 Å². The number of nitrogens with zero attached hydrogens (tertiary/aromatic N) is 3. The van der Waals surface area contributed by atoms with Crippen molar-refractivity contribution in [3.05, 3.63) is 42.1 Å². The Morgan fingerprint density at radius 2 is 2.17 bits per heavy atom. The number of hydrogen-bond acceptors (Lipinski definition) is 4. The molecule has 1 aliphatic rings. The number of halogens is 3. The minimum Gasteiger partial charge on any atom is -0.370 e. The van der Waals surface area contributed by atoms with E-state index in [1.54, 1.807) is 6.20 Å². The molecule has 0 aliphatic carbocycles. The molecule has 3 rings (SSSR count). The standard InChI is InChI=1S/C16H19F3N4O/c1-23-7-6-20-15(23)14-11(3-2-8-24-14)9-21-13-5-4-12(10-22-13)16(17,18)19/h4-7,10-11,14H,2-3,8-9H2,1H3,(H,21,22)/t11-,14+/m0/s1. The molecule has 2 aromatic rings. The maximum absolute atomic E-state index is 12.6. The monoisotopic (exact) mass is 340 g/mol. The van der Waals surface area contributed by atoms with Gasteiger partial charge in [-0.05, 0) is 25.0 Å². The van der Waals surface area contributed by atoms with Gasteiger partial charge in [-0.25, -0.2) is 9.97 Å². The lowest BCUT2D eigenvalue weighted by molar-refractivity contribution is -0.137. The van der Waals surface area contributed by atoms with E-state index >= 15 is 0 Å². The van der Waals surface area contributed by atoms with Gasteiger partial charge in [0.15, 0.2) is 0 Å². The summed E-state index contributed by atoms with van der Waals surface area (Å²) in [5, 5.41) is 3.11. The van der Waals surface area contributed by atoms with Crippen LogP contribution in [0, 0.1) is 5.92 Å². The van der Waals surface area contributed by atoms with Gasteiger partial charge < -0.3 is 14.6 Å². The second-order valence-corrected chi connectivity index (χ2v) is 5.90. The zero-order valence-electron chi connectivity index (χ0n) is 13.3. The Balaban J connectivity index is 1.65. The van der Waals surface area contributed by atoms with Crippen molar-refractivity contribution >= 4 is 5.82 Å². The van der Waals surface area contributed by atoms with Crippen molar-refractivity contribution in [3.63, 3.8) is 0 Å². The number of nitrogens with one attached hydrogen (secondary N) is 1. The van der Waals surface area contributed by atoms with E-state index in [0.29, 0.717) is 19.0 Å². The number of hydrogen-bond donors (Lipinski definition) is 1. The first-order valence-electron chi connectivity index (χ1n) is 7.81. The summed E-state index contributed by atoms with van der Waals surface area (Å²) in [6.45, 7) is 1.25. The first-order valence-corrected chi connectivity index (χ1v) is 7.81. The third-order valence-electron chi connectivity index (χ3n) is 4.19. The fraction of sp³-hybridized carbons (Fsp3) is 0.500. The minimum atomic E-state index is -4.37. The molecule has 0 amide bonds. The molecule has 3 heterocycles. The number of alkyl halides is 3. The van der Waals surface area contributed by atoms with E-state index in [1.807, 2.05) is 17.8 Å². The lowest BCUT2D eigenvalue weighted by atomic mass is 9.93. The van der Waals surface area contributed by atoms with Gasteiger partial charge in [0.05, 0.1) is 5.56 Å². The Hall–Kier alpha value is -2.09. The number of pyridine rings is 1. The van der Waals surface area contributed by atoms with E-state index in [4.69, 9.17) is 4.74 Å². The number of anilines is 1. The Morgan fingerprint density at radius 1 is 1.33 bits per heavy atom. The van der Waals surface area contributed by atoms with Crippen LogP contribution in [-0.2, 0) is 18.0 Å². The zero-order valence-corrected chi connectivity index (χ0v) is 13.3. The minimum absolute atomic E-state index is 0.124. The summed E-state index contributed by atoms with van der Waals surface area (Å²) in [7, 11) is 1.92. The summed E-state index contributed by atoms with van der Waals surface area (Å²) in [5.41, 5.74) is -0.750. The second kappa shape index (κ2) is 6.80. The van der Waals surface area contributed by atoms with Crippen molar-refractivity contribution in [2.24, 2.45) is 13.0 Å². The summed E-state index contributed by atoms with van der Waals surface area (Å²) in [5.74, 6) is 1.47. The molecule has 0 radical (unpaired) electrons. The Kier molecular flexibility index (Phi) is 4.75. The maximum Gasteiger partial charge on any atom is 0.417 e. The smallest absolute Gasteiger partial charge is 0.370 e. The highest BCUT2D eigenvalue weighted by molar-refractivity contribution is 5.36. The number of ether oxygens (including phenoxy) is 1. The van der Waals surface area contributed by atoms with Crippen LogP contribution in [0.3, 0.4) is 0 Å². The van der Waals surface area contributed by atoms with Crippen molar-refractivity contribution < 1.29 is 17.9 Å². The summed E-state index contributed by atoms with van der Waals surface area (Å²) < 4.78 is 45.5. The molecule has 2 aromatic heterocycles. The number of rotatable bonds is 4. The fourth-order valence-electron chi connectivity index (χ4n) is 2.89. The quantitative estimate of drug-likeness (QED) is 0.927. The first kappa shape index (κ1) is 16.8. The highest BCUT2D eigenvalue weighted by atomic mass is 19.4. The average Bonchev–Trinajstić information content (AvgIpc) is 2.99. The molecule has 1 N–H and O–H groups in total. The van der Waals surface area contributed by atoms with Gasteiger partial charge in [0.1, 0.15) is 17.7 Å². The van der Waals surface area contributed by atoms with Gasteiger partial charge in [-0.15, -0.1) is 0 Å². The Bertz CT molecular complexity index is 669. The molecule has 1 saturated heterocycles. The molecule has 0 saturated carbocycles. The van der Waals surface area contributed by atoms with E-state index in [0.717, 1.165) is 30.9 Å². The SMILES string of the molecule is Cn1ccnc1[C@@H]1OCCC[C@H]1CNc1ccc(C(F)(F)F)cn1. The van der Waals surface area contributed by atoms with Crippen LogP contribution in [0.2, 0.25) is 0 Å². The molecule has 0 aromatic carbocycles. The van der Waals surface area contributed by atoms with Gasteiger partial charge in [0.25, 0.3) is 0 Å². The molecule has 5 nitrogen and oxygen atoms in total. The highest BCUT2D eigenvalue weighted by Crippen LogP contribution is 2.33. The van der Waals surface area contributed by atoms with E-state index in [2.05, 4.69) is 15.3 Å². The molecule has 0 unspecified atom stereocenters. The van der Waals surface area contributed by atoms with Crippen LogP contribution in [0.4, 0.5) is 19.0 Å². The lowest BCUT2D eigenvalue weighted by Gasteiger charge is -2.31. The first-order chi connectivity index (χ1) is 11.4. The van der Waals surface area contributed by atoms with Crippen LogP contribution in [0.5, 0.6) is 0 Å². The van der Waals surface area contributed by atoms with Crippen LogP contribution in [0.1, 0.15) is 30.3 Å². The van der Waals surface area contributed by atoms with Crippen LogP contribution < -0.4 is 5.32 Å². The molecule has 24 heavy (non-hydrogen) atoms. The van der Waals surface area contributed by atoms with Crippen LogP contribution >= 0.6 is 0 Å². The van der Waals surface area contributed by atoms with Crippen LogP contribution in [0.15, 0.2) is 30.7 Å². The van der Waals surface area contributed by atoms with Crippen LogP contribution in [-0.4, -0.2) is 27.7 Å². The van der Waals surface area contributed by atoms with Gasteiger partial charge in [-0.1, -0.05) is 0 Å². The van der Waals surface area contributed by atoms with E-state index in [-0.39, 0.29) is 12.0 Å². The number of imidazole rings is 1. The van der Waals surface area contributed by atoms with E-state index in [1.165, 1.54) is 6.07 Å². The molecule has 8 heteroatoms. The van der Waals surface area contributed by atoms with Gasteiger partial charge in [-0.3, -0.25) is 0 Å². The number of aromatic nitrogens is 3. The molecule has 0 bridgehead atoms. The molecule has 130 valence electrons. The van der Waals surface area contributed by atoms with Gasteiger partial charge >= 0.3 is 6.18 Å². The van der Waals surface area contributed by atoms with Crippen molar-refractivity contribution in [2.45, 2.75) is 25.1 Å². The second-order valence-electron chi connectivity index (χ2n) is 5.90. The predicted molar refractivity (Wildman–Crippen MR) is 82.4 cm³/mol. The fourth-order valence-corrected chi connectivity index (χ4v) is 2.89. The molecule has 1 aliphatic heterocycles. The Morgan fingerprint density at radius 3 is 2.79 bits per heavy atom. The van der Waals surface area contributed by atoms with Crippen molar-refractivity contribution in [2.75, 3.05) is 18.5 Å². The van der Waals surface area contributed by atoms with Gasteiger partial charge in [0.2, 0.25) is 0 Å². The normalized spacial score (nSPS) is 21.7. The third kappa shape index (κ3) is 3.69. The lowest BCUT2D eigenvalue weighted by Crippen LogP contribution is -2.30. The maximum atomic E-state index is 12.6. The number of aryl methyl sites for hydroxylation is 1. The van der Waals surface area contributed by atoms with Gasteiger partial charge in [0, 0.05) is 44.7 Å². The molecule has 0 spiro atoms. The van der Waals surface area contributed by atoms with E-state index < -0.39 is 11.7 Å². The molecule has 2 atom stereocenters. The van der Waals surface area contributed by atoms with Crippen molar-refractivity contribution in [3.8, 4) is 0 Å². The summed E-state index contributed by atoms with van der Waals surface area (Å²) in [4.78, 5) is 8.19. The van der Waals surface area contributed by atoms with Crippen molar-refractivity contribution in [1.29, 1.82) is 0 Å². The van der Waals surface area contributed by atoms with Crippen LogP contribution in [0.25, 0.3) is 0 Å². The third-order valence-corrected chi connectivity index (χ3v) is 4.19. The molecular formula is C16H19F3N4O. The predicted octanol–water partition coefficient (Wildman–Crippen LogP) is 3.41.